The van der Waals surface area contributed by atoms with Crippen molar-refractivity contribution in [3.8, 4) is 0 Å². The van der Waals surface area contributed by atoms with E-state index in [-0.39, 0.29) is 5.91 Å². The minimum Gasteiger partial charge on any atom is -0.390 e. The second-order valence-corrected chi connectivity index (χ2v) is 5.75. The second kappa shape index (κ2) is 8.82. The van der Waals surface area contributed by atoms with Gasteiger partial charge >= 0.3 is 0 Å². The quantitative estimate of drug-likeness (QED) is 0.747. The fraction of sp³-hybridized carbons (Fsp3) is 0.625. The van der Waals surface area contributed by atoms with Gasteiger partial charge in [-0.2, -0.15) is 0 Å². The van der Waals surface area contributed by atoms with E-state index in [0.29, 0.717) is 19.5 Å². The van der Waals surface area contributed by atoms with E-state index in [2.05, 4.69) is 26.2 Å². The van der Waals surface area contributed by atoms with E-state index in [4.69, 9.17) is 0 Å². The van der Waals surface area contributed by atoms with E-state index in [1.54, 1.807) is 6.20 Å². The number of rotatable bonds is 7. The van der Waals surface area contributed by atoms with Crippen molar-refractivity contribution in [1.82, 2.24) is 20.1 Å². The average Bonchev–Trinajstić information content (AvgIpc) is 2.55. The summed E-state index contributed by atoms with van der Waals surface area (Å²) in [5.74, 6) is -0.0136. The van der Waals surface area contributed by atoms with Crippen LogP contribution in [0.4, 0.5) is 0 Å². The topological polar surface area (TPSA) is 68.7 Å². The van der Waals surface area contributed by atoms with Gasteiger partial charge in [-0.1, -0.05) is 13.0 Å². The highest BCUT2D eigenvalue weighted by Gasteiger charge is 2.19. The molecule has 1 amide bonds. The Kier molecular flexibility index (Phi) is 6.76. The molecule has 0 spiro atoms. The molecule has 0 saturated carbocycles. The molecule has 1 aliphatic rings. The summed E-state index contributed by atoms with van der Waals surface area (Å²) >= 11 is 0. The number of hydrogen-bond donors (Lipinski definition) is 2. The standard InChI is InChI=1S/C16H26N4O2/c1-2-16(22)18-11-15(21)13-20-8-6-19(7-9-20)12-14-4-3-5-17-10-14/h3-5,10,15,21H,2,6-9,11-13H2,1H3,(H,18,22). The molecule has 0 radical (unpaired) electrons. The lowest BCUT2D eigenvalue weighted by molar-refractivity contribution is -0.121. The molecule has 1 aromatic rings. The van der Waals surface area contributed by atoms with Crippen molar-refractivity contribution < 1.29 is 9.90 Å². The molecule has 0 aromatic carbocycles. The Balaban J connectivity index is 1.65. The molecule has 0 bridgehead atoms. The maximum Gasteiger partial charge on any atom is 0.219 e. The first-order valence-electron chi connectivity index (χ1n) is 7.95. The Hall–Kier alpha value is -1.50. The van der Waals surface area contributed by atoms with Gasteiger partial charge in [0.15, 0.2) is 0 Å². The molecule has 122 valence electrons. The van der Waals surface area contributed by atoms with Crippen LogP contribution in [-0.4, -0.2) is 71.2 Å². The van der Waals surface area contributed by atoms with E-state index in [1.165, 1.54) is 5.56 Å². The zero-order chi connectivity index (χ0) is 15.8. The SMILES string of the molecule is CCC(=O)NCC(O)CN1CCN(Cc2cccnc2)CC1. The Morgan fingerprint density at radius 3 is 2.73 bits per heavy atom. The van der Waals surface area contributed by atoms with Crippen molar-refractivity contribution >= 4 is 5.91 Å². The molecule has 2 heterocycles. The summed E-state index contributed by atoms with van der Waals surface area (Å²) in [7, 11) is 0. The van der Waals surface area contributed by atoms with Gasteiger partial charge in [-0.25, -0.2) is 0 Å². The summed E-state index contributed by atoms with van der Waals surface area (Å²) < 4.78 is 0. The van der Waals surface area contributed by atoms with Gasteiger partial charge in [0.1, 0.15) is 0 Å². The Labute approximate surface area is 132 Å². The third kappa shape index (κ3) is 5.71. The fourth-order valence-corrected chi connectivity index (χ4v) is 2.60. The Morgan fingerprint density at radius 1 is 1.36 bits per heavy atom. The third-order valence-electron chi connectivity index (χ3n) is 3.92. The molecule has 0 aliphatic carbocycles. The molecule has 6 heteroatoms. The summed E-state index contributed by atoms with van der Waals surface area (Å²) in [5, 5.41) is 12.7. The van der Waals surface area contributed by atoms with Crippen molar-refractivity contribution in [2.45, 2.75) is 26.0 Å². The van der Waals surface area contributed by atoms with Gasteiger partial charge in [0.25, 0.3) is 0 Å². The summed E-state index contributed by atoms with van der Waals surface area (Å²) in [6, 6.07) is 4.06. The van der Waals surface area contributed by atoms with Crippen LogP contribution >= 0.6 is 0 Å². The number of aliphatic hydroxyl groups is 1. The third-order valence-corrected chi connectivity index (χ3v) is 3.92. The number of hydrogen-bond acceptors (Lipinski definition) is 5. The van der Waals surface area contributed by atoms with Crippen LogP contribution in [0.25, 0.3) is 0 Å². The van der Waals surface area contributed by atoms with Crippen LogP contribution < -0.4 is 5.32 Å². The lowest BCUT2D eigenvalue weighted by atomic mass is 10.2. The molecule has 1 fully saturated rings. The molecule has 1 aromatic heterocycles. The summed E-state index contributed by atoms with van der Waals surface area (Å²) in [6.45, 7) is 7.55. The zero-order valence-corrected chi connectivity index (χ0v) is 13.2. The normalized spacial score (nSPS) is 18.1. The number of β-amino-alcohol motifs (C(OH)–C–C–N with tert-alkyl or cyclic N) is 1. The molecular weight excluding hydrogens is 280 g/mol. The van der Waals surface area contributed by atoms with E-state index < -0.39 is 6.10 Å². The molecular formula is C16H26N4O2. The lowest BCUT2D eigenvalue weighted by Crippen LogP contribution is -2.49. The number of aliphatic hydroxyl groups excluding tert-OH is 1. The van der Waals surface area contributed by atoms with Gasteiger partial charge in [0, 0.05) is 64.6 Å². The minimum atomic E-state index is -0.500. The second-order valence-electron chi connectivity index (χ2n) is 5.75. The van der Waals surface area contributed by atoms with Crippen LogP contribution in [-0.2, 0) is 11.3 Å². The van der Waals surface area contributed by atoms with E-state index in [9.17, 15) is 9.90 Å². The smallest absolute Gasteiger partial charge is 0.219 e. The molecule has 2 rings (SSSR count). The number of pyridine rings is 1. The highest BCUT2D eigenvalue weighted by molar-refractivity contribution is 5.75. The number of carbonyl (C=O) groups excluding carboxylic acids is 1. The molecule has 2 N–H and O–H groups in total. The Bertz CT molecular complexity index is 447. The van der Waals surface area contributed by atoms with E-state index >= 15 is 0 Å². The number of nitrogens with one attached hydrogen (secondary N) is 1. The van der Waals surface area contributed by atoms with Gasteiger partial charge in [0.05, 0.1) is 6.10 Å². The van der Waals surface area contributed by atoms with E-state index in [1.807, 2.05) is 19.2 Å². The monoisotopic (exact) mass is 306 g/mol. The first-order valence-corrected chi connectivity index (χ1v) is 7.95. The van der Waals surface area contributed by atoms with Crippen LogP contribution in [0.1, 0.15) is 18.9 Å². The molecule has 1 saturated heterocycles. The number of amides is 1. The van der Waals surface area contributed by atoms with Crippen LogP contribution in [0.2, 0.25) is 0 Å². The van der Waals surface area contributed by atoms with Gasteiger partial charge in [-0.05, 0) is 11.6 Å². The van der Waals surface area contributed by atoms with Gasteiger partial charge in [0.2, 0.25) is 5.91 Å². The number of nitrogens with zero attached hydrogens (tertiary/aromatic N) is 3. The van der Waals surface area contributed by atoms with Gasteiger partial charge < -0.3 is 10.4 Å². The minimum absolute atomic E-state index is 0.0136. The highest BCUT2D eigenvalue weighted by atomic mass is 16.3. The number of piperazine rings is 1. The van der Waals surface area contributed by atoms with Crippen molar-refractivity contribution in [2.24, 2.45) is 0 Å². The molecule has 1 unspecified atom stereocenters. The predicted molar refractivity (Wildman–Crippen MR) is 85.3 cm³/mol. The highest BCUT2D eigenvalue weighted by Crippen LogP contribution is 2.07. The first kappa shape index (κ1) is 16.9. The molecule has 22 heavy (non-hydrogen) atoms. The summed E-state index contributed by atoms with van der Waals surface area (Å²) in [5.41, 5.74) is 1.23. The maximum atomic E-state index is 11.2. The molecule has 6 nitrogen and oxygen atoms in total. The lowest BCUT2D eigenvalue weighted by Gasteiger charge is -2.35. The Morgan fingerprint density at radius 2 is 2.09 bits per heavy atom. The predicted octanol–water partition coefficient (Wildman–Crippen LogP) is 0.0863. The van der Waals surface area contributed by atoms with Crippen molar-refractivity contribution in [3.05, 3.63) is 30.1 Å². The maximum absolute atomic E-state index is 11.2. The number of carbonyl (C=O) groups is 1. The van der Waals surface area contributed by atoms with Crippen LogP contribution in [0.15, 0.2) is 24.5 Å². The van der Waals surface area contributed by atoms with Crippen LogP contribution in [0.5, 0.6) is 0 Å². The zero-order valence-electron chi connectivity index (χ0n) is 13.2. The van der Waals surface area contributed by atoms with Gasteiger partial charge in [-0.3, -0.25) is 19.6 Å². The van der Waals surface area contributed by atoms with Crippen molar-refractivity contribution in [3.63, 3.8) is 0 Å². The number of aromatic nitrogens is 1. The largest absolute Gasteiger partial charge is 0.390 e. The van der Waals surface area contributed by atoms with Gasteiger partial charge in [-0.15, -0.1) is 0 Å². The van der Waals surface area contributed by atoms with Crippen molar-refractivity contribution in [1.29, 1.82) is 0 Å². The molecule has 1 atom stereocenters. The summed E-state index contributed by atoms with van der Waals surface area (Å²) in [6.07, 6.45) is 3.66. The molecule has 1 aliphatic heterocycles. The fourth-order valence-electron chi connectivity index (χ4n) is 2.60. The average molecular weight is 306 g/mol. The van der Waals surface area contributed by atoms with Crippen LogP contribution in [0, 0.1) is 0 Å². The first-order chi connectivity index (χ1) is 10.7. The van der Waals surface area contributed by atoms with Crippen LogP contribution in [0.3, 0.4) is 0 Å². The summed E-state index contributed by atoms with van der Waals surface area (Å²) in [4.78, 5) is 20.0. The van der Waals surface area contributed by atoms with Crippen molar-refractivity contribution in [2.75, 3.05) is 39.3 Å². The van der Waals surface area contributed by atoms with E-state index in [0.717, 1.165) is 32.7 Å².